The molecule has 2 aromatic rings. The number of anilines is 3. The second kappa shape index (κ2) is 6.18. The third kappa shape index (κ3) is 3.22. The van der Waals surface area contributed by atoms with Gasteiger partial charge >= 0.3 is 0 Å². The van der Waals surface area contributed by atoms with Crippen LogP contribution in [0.3, 0.4) is 0 Å². The SMILES string of the molecule is CCNc1cncc(N(CC)c2cccc(F)c2)c1. The van der Waals surface area contributed by atoms with Crippen LogP contribution in [0.15, 0.2) is 42.7 Å². The van der Waals surface area contributed by atoms with Crippen LogP contribution in [0.5, 0.6) is 0 Å². The molecule has 100 valence electrons. The number of halogens is 1. The minimum absolute atomic E-state index is 0.230. The third-order valence-corrected chi connectivity index (χ3v) is 2.85. The zero-order valence-corrected chi connectivity index (χ0v) is 11.2. The van der Waals surface area contributed by atoms with E-state index < -0.39 is 0 Å². The summed E-state index contributed by atoms with van der Waals surface area (Å²) in [5.74, 6) is -0.230. The molecule has 4 heteroatoms. The molecule has 0 radical (unpaired) electrons. The number of rotatable bonds is 5. The van der Waals surface area contributed by atoms with Crippen molar-refractivity contribution in [3.63, 3.8) is 0 Å². The maximum atomic E-state index is 13.3. The highest BCUT2D eigenvalue weighted by atomic mass is 19.1. The minimum Gasteiger partial charge on any atom is -0.384 e. The largest absolute Gasteiger partial charge is 0.384 e. The van der Waals surface area contributed by atoms with Crippen LogP contribution < -0.4 is 10.2 Å². The molecule has 2 rings (SSSR count). The van der Waals surface area contributed by atoms with E-state index in [0.717, 1.165) is 30.2 Å². The molecule has 0 bridgehead atoms. The number of nitrogens with zero attached hydrogens (tertiary/aromatic N) is 2. The average Bonchev–Trinajstić information content (AvgIpc) is 2.41. The van der Waals surface area contributed by atoms with Gasteiger partial charge in [-0.1, -0.05) is 6.07 Å². The van der Waals surface area contributed by atoms with E-state index in [-0.39, 0.29) is 5.82 Å². The van der Waals surface area contributed by atoms with Crippen LogP contribution in [0.25, 0.3) is 0 Å². The summed E-state index contributed by atoms with van der Waals surface area (Å²) in [4.78, 5) is 6.25. The summed E-state index contributed by atoms with van der Waals surface area (Å²) in [6, 6.07) is 8.61. The first-order valence-electron chi connectivity index (χ1n) is 6.46. The Balaban J connectivity index is 2.33. The van der Waals surface area contributed by atoms with Gasteiger partial charge in [-0.2, -0.15) is 0 Å². The van der Waals surface area contributed by atoms with E-state index in [1.807, 2.05) is 30.9 Å². The van der Waals surface area contributed by atoms with Gasteiger partial charge in [0.1, 0.15) is 5.82 Å². The summed E-state index contributed by atoms with van der Waals surface area (Å²) in [5.41, 5.74) is 2.75. The van der Waals surface area contributed by atoms with Gasteiger partial charge in [0.15, 0.2) is 0 Å². The molecule has 19 heavy (non-hydrogen) atoms. The van der Waals surface area contributed by atoms with Gasteiger partial charge in [0.2, 0.25) is 0 Å². The first-order chi connectivity index (χ1) is 9.24. The van der Waals surface area contributed by atoms with E-state index in [0.29, 0.717) is 0 Å². The summed E-state index contributed by atoms with van der Waals surface area (Å²) in [7, 11) is 0. The van der Waals surface area contributed by atoms with Crippen molar-refractivity contribution in [1.29, 1.82) is 0 Å². The Hall–Kier alpha value is -2.10. The number of benzene rings is 1. The number of pyridine rings is 1. The normalized spacial score (nSPS) is 10.3. The van der Waals surface area contributed by atoms with Crippen molar-refractivity contribution in [2.45, 2.75) is 13.8 Å². The Morgan fingerprint density at radius 2 is 2.00 bits per heavy atom. The van der Waals surface area contributed by atoms with Crippen molar-refractivity contribution in [2.75, 3.05) is 23.3 Å². The quantitative estimate of drug-likeness (QED) is 0.885. The molecule has 1 aromatic carbocycles. The van der Waals surface area contributed by atoms with Gasteiger partial charge in [-0.25, -0.2) is 4.39 Å². The Morgan fingerprint density at radius 1 is 1.16 bits per heavy atom. The predicted octanol–water partition coefficient (Wildman–Crippen LogP) is 3.81. The molecule has 3 nitrogen and oxygen atoms in total. The topological polar surface area (TPSA) is 28.2 Å². The highest BCUT2D eigenvalue weighted by molar-refractivity contribution is 5.65. The maximum Gasteiger partial charge on any atom is 0.125 e. The van der Waals surface area contributed by atoms with Crippen molar-refractivity contribution in [3.8, 4) is 0 Å². The molecule has 0 aliphatic rings. The van der Waals surface area contributed by atoms with E-state index >= 15 is 0 Å². The van der Waals surface area contributed by atoms with Crippen LogP contribution in [0, 0.1) is 5.82 Å². The molecule has 1 heterocycles. The molecule has 0 fully saturated rings. The van der Waals surface area contributed by atoms with Crippen LogP contribution in [-0.2, 0) is 0 Å². The molecular weight excluding hydrogens is 241 g/mol. The fraction of sp³-hybridized carbons (Fsp3) is 0.267. The lowest BCUT2D eigenvalue weighted by Gasteiger charge is -2.23. The molecule has 1 N–H and O–H groups in total. The van der Waals surface area contributed by atoms with Gasteiger partial charge in [-0.3, -0.25) is 4.98 Å². The Morgan fingerprint density at radius 3 is 2.68 bits per heavy atom. The van der Waals surface area contributed by atoms with E-state index in [1.54, 1.807) is 18.5 Å². The summed E-state index contributed by atoms with van der Waals surface area (Å²) in [6.45, 7) is 5.67. The van der Waals surface area contributed by atoms with Crippen molar-refractivity contribution < 1.29 is 4.39 Å². The number of hydrogen-bond acceptors (Lipinski definition) is 3. The van der Waals surface area contributed by atoms with Crippen molar-refractivity contribution in [1.82, 2.24) is 4.98 Å². The molecular formula is C15H18FN3. The molecule has 0 amide bonds. The fourth-order valence-electron chi connectivity index (χ4n) is 2.03. The van der Waals surface area contributed by atoms with E-state index in [1.165, 1.54) is 12.1 Å². The lowest BCUT2D eigenvalue weighted by molar-refractivity contribution is 0.627. The Labute approximate surface area is 113 Å². The van der Waals surface area contributed by atoms with Crippen LogP contribution in [0.4, 0.5) is 21.5 Å². The molecule has 0 aliphatic heterocycles. The number of nitrogens with one attached hydrogen (secondary N) is 1. The molecule has 1 aromatic heterocycles. The zero-order chi connectivity index (χ0) is 13.7. The summed E-state index contributed by atoms with van der Waals surface area (Å²) in [5, 5.41) is 3.23. The lowest BCUT2D eigenvalue weighted by atomic mass is 10.2. The molecule has 0 unspecified atom stereocenters. The van der Waals surface area contributed by atoms with Crippen LogP contribution in [0.1, 0.15) is 13.8 Å². The van der Waals surface area contributed by atoms with E-state index in [4.69, 9.17) is 0 Å². The Bertz CT molecular complexity index is 542. The fourth-order valence-corrected chi connectivity index (χ4v) is 2.03. The van der Waals surface area contributed by atoms with Gasteiger partial charge in [-0.05, 0) is 38.1 Å². The van der Waals surface area contributed by atoms with E-state index in [2.05, 4.69) is 10.3 Å². The summed E-state index contributed by atoms with van der Waals surface area (Å²) in [6.07, 6.45) is 3.57. The van der Waals surface area contributed by atoms with Crippen molar-refractivity contribution >= 4 is 17.1 Å². The first-order valence-corrected chi connectivity index (χ1v) is 6.46. The molecule has 0 aliphatic carbocycles. The van der Waals surface area contributed by atoms with Crippen molar-refractivity contribution in [2.24, 2.45) is 0 Å². The molecule has 0 spiro atoms. The highest BCUT2D eigenvalue weighted by Gasteiger charge is 2.09. The van der Waals surface area contributed by atoms with Crippen LogP contribution in [-0.4, -0.2) is 18.1 Å². The van der Waals surface area contributed by atoms with Crippen LogP contribution in [0.2, 0.25) is 0 Å². The van der Waals surface area contributed by atoms with Crippen LogP contribution >= 0.6 is 0 Å². The Kier molecular flexibility index (Phi) is 4.34. The monoisotopic (exact) mass is 259 g/mol. The highest BCUT2D eigenvalue weighted by Crippen LogP contribution is 2.26. The second-order valence-corrected chi connectivity index (χ2v) is 4.19. The third-order valence-electron chi connectivity index (χ3n) is 2.85. The second-order valence-electron chi connectivity index (χ2n) is 4.19. The lowest BCUT2D eigenvalue weighted by Crippen LogP contribution is -2.16. The number of hydrogen-bond donors (Lipinski definition) is 1. The van der Waals surface area contributed by atoms with Crippen molar-refractivity contribution in [3.05, 3.63) is 48.5 Å². The van der Waals surface area contributed by atoms with Gasteiger partial charge < -0.3 is 10.2 Å². The molecule has 0 saturated heterocycles. The number of aromatic nitrogens is 1. The van der Waals surface area contributed by atoms with Gasteiger partial charge in [0.05, 0.1) is 23.8 Å². The van der Waals surface area contributed by atoms with Gasteiger partial charge in [0.25, 0.3) is 0 Å². The molecule has 0 atom stereocenters. The molecule has 0 saturated carbocycles. The smallest absolute Gasteiger partial charge is 0.125 e. The zero-order valence-electron chi connectivity index (χ0n) is 11.2. The van der Waals surface area contributed by atoms with Gasteiger partial charge in [0, 0.05) is 18.8 Å². The van der Waals surface area contributed by atoms with E-state index in [9.17, 15) is 4.39 Å². The maximum absolute atomic E-state index is 13.3. The minimum atomic E-state index is -0.230. The standard InChI is InChI=1S/C15H18FN3/c1-3-18-13-9-15(11-17-10-13)19(4-2)14-7-5-6-12(16)8-14/h5-11,18H,3-4H2,1-2H3. The summed E-state index contributed by atoms with van der Waals surface area (Å²) < 4.78 is 13.3. The first kappa shape index (κ1) is 13.3. The van der Waals surface area contributed by atoms with Gasteiger partial charge in [-0.15, -0.1) is 0 Å². The average molecular weight is 259 g/mol. The summed E-state index contributed by atoms with van der Waals surface area (Å²) >= 11 is 0. The predicted molar refractivity (Wildman–Crippen MR) is 77.5 cm³/mol.